The molecule has 0 amide bonds. The first-order valence-electron chi connectivity index (χ1n) is 5.75. The predicted molar refractivity (Wildman–Crippen MR) is 59.7 cm³/mol. The molecule has 1 aliphatic rings. The number of fused-ring (bicyclic) bond motifs is 1. The first-order valence-corrected chi connectivity index (χ1v) is 5.75. The van der Waals surface area contributed by atoms with Gasteiger partial charge in [0.1, 0.15) is 5.52 Å². The number of benzene rings is 1. The molecule has 0 aliphatic heterocycles. The van der Waals surface area contributed by atoms with Gasteiger partial charge < -0.3 is 5.11 Å². The number of aryl methyl sites for hydroxylation is 1. The number of rotatable bonds is 2. The van der Waals surface area contributed by atoms with Crippen LogP contribution in [-0.2, 0) is 6.54 Å². The van der Waals surface area contributed by atoms with Crippen molar-refractivity contribution in [2.24, 2.45) is 0 Å². The SMILES string of the molecule is Cc1cc2[nH]n(CC3(O)CCC3)c2c(F)c1F. The molecule has 17 heavy (non-hydrogen) atoms. The van der Waals surface area contributed by atoms with E-state index in [2.05, 4.69) is 5.10 Å². The second-order valence-corrected chi connectivity index (χ2v) is 4.99. The van der Waals surface area contributed by atoms with E-state index in [0.717, 1.165) is 19.3 Å². The summed E-state index contributed by atoms with van der Waals surface area (Å²) in [5, 5.41) is 12.9. The average Bonchev–Trinajstić information content (AvgIpc) is 2.21. The minimum atomic E-state index is -0.832. The summed E-state index contributed by atoms with van der Waals surface area (Å²) in [5.74, 6) is -1.64. The fourth-order valence-electron chi connectivity index (χ4n) is 2.40. The van der Waals surface area contributed by atoms with Gasteiger partial charge in [-0.15, -0.1) is 0 Å². The number of aliphatic hydroxyl groups is 1. The zero-order chi connectivity index (χ0) is 12.2. The number of nitrogens with one attached hydrogen (secondary N) is 1. The summed E-state index contributed by atoms with van der Waals surface area (Å²) in [7, 11) is 0. The van der Waals surface area contributed by atoms with Gasteiger partial charge in [0, 0.05) is 0 Å². The van der Waals surface area contributed by atoms with Crippen molar-refractivity contribution in [2.45, 2.75) is 38.3 Å². The van der Waals surface area contributed by atoms with Crippen LogP contribution in [0.4, 0.5) is 8.78 Å². The highest BCUT2D eigenvalue weighted by Gasteiger charge is 2.36. The van der Waals surface area contributed by atoms with Gasteiger partial charge in [-0.25, -0.2) is 8.78 Å². The van der Waals surface area contributed by atoms with Crippen molar-refractivity contribution in [3.8, 4) is 0 Å². The number of aromatic nitrogens is 2. The fourth-order valence-corrected chi connectivity index (χ4v) is 2.40. The average molecular weight is 240 g/mol. The number of H-pyrrole nitrogens is 1. The molecule has 0 atom stereocenters. The summed E-state index contributed by atoms with van der Waals surface area (Å²) in [5.41, 5.74) is 0.354. The van der Waals surface area contributed by atoms with Crippen LogP contribution in [0.25, 0.3) is 11.0 Å². The molecule has 0 unspecified atom stereocenters. The number of hydrogen-bond donors (Lipinski definition) is 2. The monoisotopic (exact) mass is 240 g/mol. The molecular formula is C12H14F2N2O. The van der Waals surface area contributed by atoms with Gasteiger partial charge in [-0.3, -0.25) is 9.78 Å². The summed E-state index contributed by atoms with van der Waals surface area (Å²) in [4.78, 5) is 0. The highest BCUT2D eigenvalue weighted by Crippen LogP contribution is 2.35. The van der Waals surface area contributed by atoms with E-state index >= 15 is 0 Å². The van der Waals surface area contributed by atoms with Crippen molar-refractivity contribution < 1.29 is 13.9 Å². The number of aromatic amines is 1. The molecule has 0 radical (unpaired) electrons. The van der Waals surface area contributed by atoms with E-state index < -0.39 is 17.2 Å². The molecule has 3 nitrogen and oxygen atoms in total. The van der Waals surface area contributed by atoms with Crippen LogP contribution in [-0.4, -0.2) is 20.5 Å². The standard InChI is InChI=1S/C12H14F2N2O/c1-7-5-8-11(10(14)9(7)13)16(15-8)6-12(17)3-2-4-12/h5,15,17H,2-4,6H2,1H3. The zero-order valence-electron chi connectivity index (χ0n) is 9.56. The van der Waals surface area contributed by atoms with Crippen LogP contribution in [0.1, 0.15) is 24.8 Å². The highest BCUT2D eigenvalue weighted by atomic mass is 19.2. The van der Waals surface area contributed by atoms with Gasteiger partial charge in [-0.1, -0.05) is 0 Å². The Morgan fingerprint density at radius 3 is 2.71 bits per heavy atom. The lowest BCUT2D eigenvalue weighted by Gasteiger charge is -2.38. The molecule has 5 heteroatoms. The molecular weight excluding hydrogens is 226 g/mol. The summed E-state index contributed by atoms with van der Waals surface area (Å²) < 4.78 is 28.6. The van der Waals surface area contributed by atoms with Gasteiger partial charge in [0.05, 0.1) is 17.7 Å². The first kappa shape index (κ1) is 10.8. The molecule has 1 heterocycles. The van der Waals surface area contributed by atoms with Crippen molar-refractivity contribution in [3.63, 3.8) is 0 Å². The Hall–Kier alpha value is -1.36. The maximum Gasteiger partial charge on any atom is 0.186 e. The van der Waals surface area contributed by atoms with E-state index in [0.29, 0.717) is 12.1 Å². The van der Waals surface area contributed by atoms with E-state index in [4.69, 9.17) is 0 Å². The lowest BCUT2D eigenvalue weighted by molar-refractivity contribution is -0.0495. The molecule has 0 saturated heterocycles. The van der Waals surface area contributed by atoms with Crippen LogP contribution in [0.2, 0.25) is 0 Å². The number of hydrogen-bond acceptors (Lipinski definition) is 1. The molecule has 2 N–H and O–H groups in total. The normalized spacial score (nSPS) is 18.6. The Kier molecular flexibility index (Phi) is 2.10. The van der Waals surface area contributed by atoms with Crippen LogP contribution in [0, 0.1) is 18.6 Å². The van der Waals surface area contributed by atoms with Gasteiger partial charge in [0.15, 0.2) is 11.6 Å². The lowest BCUT2D eigenvalue weighted by atomic mass is 9.80. The highest BCUT2D eigenvalue weighted by molar-refractivity contribution is 5.78. The molecule has 1 aliphatic carbocycles. The van der Waals surface area contributed by atoms with Crippen LogP contribution >= 0.6 is 0 Å². The van der Waals surface area contributed by atoms with Crippen LogP contribution in [0.5, 0.6) is 0 Å². The summed E-state index contributed by atoms with van der Waals surface area (Å²) in [6.45, 7) is 1.84. The molecule has 0 spiro atoms. The molecule has 1 aromatic carbocycles. The molecule has 2 aromatic rings. The maximum atomic E-state index is 13.7. The van der Waals surface area contributed by atoms with Gasteiger partial charge in [-0.2, -0.15) is 0 Å². The quantitative estimate of drug-likeness (QED) is 0.831. The molecule has 1 fully saturated rings. The first-order chi connectivity index (χ1) is 8.00. The second-order valence-electron chi connectivity index (χ2n) is 4.99. The largest absolute Gasteiger partial charge is 0.388 e. The minimum absolute atomic E-state index is 0.230. The van der Waals surface area contributed by atoms with Gasteiger partial charge in [0.2, 0.25) is 0 Å². The van der Waals surface area contributed by atoms with Crippen molar-refractivity contribution in [1.29, 1.82) is 0 Å². The van der Waals surface area contributed by atoms with E-state index in [1.165, 1.54) is 11.6 Å². The third-order valence-electron chi connectivity index (χ3n) is 3.62. The Labute approximate surface area is 97.0 Å². The topological polar surface area (TPSA) is 41.0 Å². The lowest BCUT2D eigenvalue weighted by Crippen LogP contribution is -2.42. The van der Waals surface area contributed by atoms with Gasteiger partial charge in [-0.05, 0) is 37.8 Å². The predicted octanol–water partition coefficient (Wildman–Crippen LogP) is 2.47. The summed E-state index contributed by atoms with van der Waals surface area (Å²) >= 11 is 0. The van der Waals surface area contributed by atoms with Gasteiger partial charge in [0.25, 0.3) is 0 Å². The third kappa shape index (κ3) is 1.49. The Bertz CT molecular complexity index is 581. The smallest absolute Gasteiger partial charge is 0.186 e. The maximum absolute atomic E-state index is 13.7. The molecule has 1 aromatic heterocycles. The van der Waals surface area contributed by atoms with E-state index in [9.17, 15) is 13.9 Å². The van der Waals surface area contributed by atoms with Crippen LogP contribution in [0.15, 0.2) is 6.07 Å². The Balaban J connectivity index is 2.00. The number of nitrogens with zero attached hydrogens (tertiary/aromatic N) is 1. The van der Waals surface area contributed by atoms with Crippen molar-refractivity contribution in [3.05, 3.63) is 23.3 Å². The minimum Gasteiger partial charge on any atom is -0.388 e. The van der Waals surface area contributed by atoms with Crippen LogP contribution in [0.3, 0.4) is 0 Å². The van der Waals surface area contributed by atoms with Crippen LogP contribution < -0.4 is 0 Å². The molecule has 3 rings (SSSR count). The van der Waals surface area contributed by atoms with Crippen molar-refractivity contribution in [2.75, 3.05) is 0 Å². The van der Waals surface area contributed by atoms with Crippen molar-refractivity contribution >= 4 is 11.0 Å². The summed E-state index contributed by atoms with van der Waals surface area (Å²) in [6.07, 6.45) is 2.43. The molecule has 92 valence electrons. The van der Waals surface area contributed by atoms with E-state index in [1.807, 2.05) is 0 Å². The van der Waals surface area contributed by atoms with E-state index in [1.54, 1.807) is 6.07 Å². The number of halogens is 2. The Morgan fingerprint density at radius 1 is 1.41 bits per heavy atom. The van der Waals surface area contributed by atoms with Gasteiger partial charge >= 0.3 is 0 Å². The third-order valence-corrected chi connectivity index (χ3v) is 3.62. The van der Waals surface area contributed by atoms with Crippen molar-refractivity contribution in [1.82, 2.24) is 9.78 Å². The summed E-state index contributed by atoms with van der Waals surface area (Å²) in [6, 6.07) is 1.58. The fraction of sp³-hybridized carbons (Fsp3) is 0.500. The molecule has 1 saturated carbocycles. The Morgan fingerprint density at radius 2 is 2.12 bits per heavy atom. The zero-order valence-corrected chi connectivity index (χ0v) is 9.56. The molecule has 0 bridgehead atoms. The van der Waals surface area contributed by atoms with E-state index in [-0.39, 0.29) is 11.1 Å². The second kappa shape index (κ2) is 3.32.